The topological polar surface area (TPSA) is 95.9 Å². The number of aryl methyl sites for hydroxylation is 1. The average molecular weight is 414 g/mol. The number of rotatable bonds is 6. The SMILES string of the molecule is COCCS(=O)c1sc2nc(-c3cccnc3)cc(-c3cncn3C)c2c1N. The molecule has 0 spiro atoms. The van der Waals surface area contributed by atoms with E-state index in [1.165, 1.54) is 11.3 Å². The second kappa shape index (κ2) is 7.78. The normalized spacial score (nSPS) is 12.5. The Kier molecular flexibility index (Phi) is 5.21. The summed E-state index contributed by atoms with van der Waals surface area (Å²) in [4.78, 5) is 14.0. The Bertz CT molecular complexity index is 1150. The molecule has 0 radical (unpaired) electrons. The molecule has 0 aliphatic carbocycles. The summed E-state index contributed by atoms with van der Waals surface area (Å²) in [5.41, 5.74) is 10.5. The Morgan fingerprint density at radius 3 is 2.86 bits per heavy atom. The largest absolute Gasteiger partial charge is 0.396 e. The Hall–Kier alpha value is -2.62. The molecular formula is C19H19N5O2S2. The number of aromatic nitrogens is 4. The lowest BCUT2D eigenvalue weighted by Crippen LogP contribution is -2.04. The average Bonchev–Trinajstić information content (AvgIpc) is 3.29. The number of nitrogens with zero attached hydrogens (tertiary/aromatic N) is 4. The zero-order valence-electron chi connectivity index (χ0n) is 15.5. The van der Waals surface area contributed by atoms with Crippen molar-refractivity contribution in [3.8, 4) is 22.5 Å². The fourth-order valence-electron chi connectivity index (χ4n) is 3.00. The third kappa shape index (κ3) is 3.32. The van der Waals surface area contributed by atoms with Crippen molar-refractivity contribution < 1.29 is 8.95 Å². The molecule has 0 amide bonds. The van der Waals surface area contributed by atoms with E-state index in [2.05, 4.69) is 9.97 Å². The van der Waals surface area contributed by atoms with Gasteiger partial charge in [-0.1, -0.05) is 0 Å². The van der Waals surface area contributed by atoms with Crippen LogP contribution >= 0.6 is 11.3 Å². The van der Waals surface area contributed by atoms with Crippen LogP contribution in [-0.2, 0) is 22.6 Å². The molecule has 4 heterocycles. The van der Waals surface area contributed by atoms with Gasteiger partial charge in [0.1, 0.15) is 9.04 Å². The molecule has 1 unspecified atom stereocenters. The van der Waals surface area contributed by atoms with Crippen molar-refractivity contribution in [3.63, 3.8) is 0 Å². The van der Waals surface area contributed by atoms with Gasteiger partial charge in [0.15, 0.2) is 0 Å². The maximum atomic E-state index is 12.7. The molecule has 0 aromatic carbocycles. The number of hydrogen-bond acceptors (Lipinski definition) is 7. The molecule has 9 heteroatoms. The van der Waals surface area contributed by atoms with E-state index in [0.29, 0.717) is 22.3 Å². The Morgan fingerprint density at radius 1 is 1.32 bits per heavy atom. The fourth-order valence-corrected chi connectivity index (χ4v) is 5.57. The fraction of sp³-hybridized carbons (Fsp3) is 0.211. The molecule has 0 saturated carbocycles. The second-order valence-corrected chi connectivity index (χ2v) is 8.98. The van der Waals surface area contributed by atoms with Crippen molar-refractivity contribution in [2.45, 2.75) is 4.21 Å². The second-order valence-electron chi connectivity index (χ2n) is 6.21. The lowest BCUT2D eigenvalue weighted by atomic mass is 10.1. The summed E-state index contributed by atoms with van der Waals surface area (Å²) in [5, 5.41) is 0.807. The molecule has 144 valence electrons. The van der Waals surface area contributed by atoms with Crippen LogP contribution < -0.4 is 5.73 Å². The van der Waals surface area contributed by atoms with Gasteiger partial charge in [-0.15, -0.1) is 11.3 Å². The molecule has 0 saturated heterocycles. The molecule has 28 heavy (non-hydrogen) atoms. The maximum absolute atomic E-state index is 12.7. The maximum Gasteiger partial charge on any atom is 0.127 e. The predicted molar refractivity (Wildman–Crippen MR) is 113 cm³/mol. The summed E-state index contributed by atoms with van der Waals surface area (Å²) in [7, 11) is 2.27. The lowest BCUT2D eigenvalue weighted by Gasteiger charge is -2.09. The molecule has 1 atom stereocenters. The first-order valence-electron chi connectivity index (χ1n) is 8.57. The number of fused-ring (bicyclic) bond motifs is 1. The van der Waals surface area contributed by atoms with Crippen molar-refractivity contribution in [1.82, 2.24) is 19.5 Å². The minimum atomic E-state index is -1.25. The molecule has 0 aliphatic heterocycles. The molecular weight excluding hydrogens is 394 g/mol. The highest BCUT2D eigenvalue weighted by molar-refractivity contribution is 7.87. The van der Waals surface area contributed by atoms with Crippen LogP contribution in [0.25, 0.3) is 32.7 Å². The van der Waals surface area contributed by atoms with Gasteiger partial charge in [-0.3, -0.25) is 9.19 Å². The van der Waals surface area contributed by atoms with Gasteiger partial charge in [0, 0.05) is 43.1 Å². The molecule has 0 bridgehead atoms. The summed E-state index contributed by atoms with van der Waals surface area (Å²) in [6.07, 6.45) is 7.03. The van der Waals surface area contributed by atoms with Gasteiger partial charge in [0.05, 0.1) is 52.8 Å². The van der Waals surface area contributed by atoms with Crippen molar-refractivity contribution in [1.29, 1.82) is 0 Å². The number of thiophene rings is 1. The van der Waals surface area contributed by atoms with Gasteiger partial charge in [-0.2, -0.15) is 0 Å². The lowest BCUT2D eigenvalue weighted by molar-refractivity contribution is 0.218. The molecule has 4 aromatic heterocycles. The van der Waals surface area contributed by atoms with Crippen molar-refractivity contribution >= 4 is 38.0 Å². The van der Waals surface area contributed by atoms with Crippen molar-refractivity contribution in [3.05, 3.63) is 43.1 Å². The van der Waals surface area contributed by atoms with Crippen LogP contribution in [0.5, 0.6) is 0 Å². The van der Waals surface area contributed by atoms with Crippen LogP contribution in [0.4, 0.5) is 5.69 Å². The van der Waals surface area contributed by atoms with Crippen LogP contribution in [0.1, 0.15) is 0 Å². The quantitative estimate of drug-likeness (QED) is 0.522. The Balaban J connectivity index is 1.96. The first-order chi connectivity index (χ1) is 13.6. The van der Waals surface area contributed by atoms with Gasteiger partial charge in [-0.05, 0) is 18.2 Å². The highest BCUT2D eigenvalue weighted by Gasteiger charge is 2.21. The van der Waals surface area contributed by atoms with Gasteiger partial charge in [-0.25, -0.2) is 9.97 Å². The third-order valence-corrected chi connectivity index (χ3v) is 7.27. The van der Waals surface area contributed by atoms with E-state index in [1.54, 1.807) is 32.0 Å². The number of nitrogens with two attached hydrogens (primary N) is 1. The van der Waals surface area contributed by atoms with Crippen LogP contribution in [0.15, 0.2) is 47.3 Å². The number of anilines is 1. The van der Waals surface area contributed by atoms with E-state index < -0.39 is 10.8 Å². The van der Waals surface area contributed by atoms with E-state index in [-0.39, 0.29) is 0 Å². The molecule has 7 nitrogen and oxygen atoms in total. The van der Waals surface area contributed by atoms with Crippen LogP contribution in [0.2, 0.25) is 0 Å². The van der Waals surface area contributed by atoms with Crippen LogP contribution in [-0.4, -0.2) is 43.2 Å². The zero-order valence-corrected chi connectivity index (χ0v) is 17.1. The highest BCUT2D eigenvalue weighted by atomic mass is 32.2. The minimum absolute atomic E-state index is 0.393. The van der Waals surface area contributed by atoms with Gasteiger partial charge >= 0.3 is 0 Å². The predicted octanol–water partition coefficient (Wildman–Crippen LogP) is 3.10. The highest BCUT2D eigenvalue weighted by Crippen LogP contribution is 2.42. The van der Waals surface area contributed by atoms with E-state index in [9.17, 15) is 4.21 Å². The molecule has 0 fully saturated rings. The molecule has 4 aromatic rings. The van der Waals surface area contributed by atoms with E-state index in [0.717, 1.165) is 32.7 Å². The smallest absolute Gasteiger partial charge is 0.127 e. The standard InChI is InChI=1S/C19H19N5O2S2/c1-24-11-22-10-15(24)13-8-14(12-4-3-5-21-9-12)23-18-16(13)17(20)19(27-18)28(25)7-6-26-2/h3-5,8-11H,6-7,20H2,1-2H3. The first-order valence-corrected chi connectivity index (χ1v) is 10.7. The summed E-state index contributed by atoms with van der Waals surface area (Å²) in [5.74, 6) is 0.393. The summed E-state index contributed by atoms with van der Waals surface area (Å²) < 4.78 is 20.3. The summed E-state index contributed by atoms with van der Waals surface area (Å²) in [6, 6.07) is 5.82. The first kappa shape index (κ1) is 18.7. The molecule has 0 aliphatic rings. The molecule has 2 N–H and O–H groups in total. The minimum Gasteiger partial charge on any atom is -0.396 e. The number of hydrogen-bond donors (Lipinski definition) is 1. The molecule has 4 rings (SSSR count). The van der Waals surface area contributed by atoms with E-state index in [1.807, 2.05) is 29.8 Å². The zero-order chi connectivity index (χ0) is 19.7. The summed E-state index contributed by atoms with van der Waals surface area (Å²) >= 11 is 1.37. The van der Waals surface area contributed by atoms with Crippen LogP contribution in [0.3, 0.4) is 0 Å². The number of ether oxygens (including phenoxy) is 1. The Morgan fingerprint density at radius 2 is 2.18 bits per heavy atom. The van der Waals surface area contributed by atoms with Crippen molar-refractivity contribution in [2.75, 3.05) is 25.2 Å². The number of imidazole rings is 1. The van der Waals surface area contributed by atoms with E-state index >= 15 is 0 Å². The Labute approximate surface area is 168 Å². The number of pyridine rings is 2. The monoisotopic (exact) mass is 413 g/mol. The van der Waals surface area contributed by atoms with E-state index in [4.69, 9.17) is 15.5 Å². The van der Waals surface area contributed by atoms with Gasteiger partial charge in [0.2, 0.25) is 0 Å². The summed E-state index contributed by atoms with van der Waals surface area (Å²) in [6.45, 7) is 0.406. The number of methoxy groups -OCH3 is 1. The van der Waals surface area contributed by atoms with Gasteiger partial charge < -0.3 is 15.0 Å². The number of nitrogen functional groups attached to an aromatic ring is 1. The van der Waals surface area contributed by atoms with Gasteiger partial charge in [0.25, 0.3) is 0 Å². The third-order valence-electron chi connectivity index (χ3n) is 4.39. The van der Waals surface area contributed by atoms with Crippen molar-refractivity contribution in [2.24, 2.45) is 7.05 Å². The van der Waals surface area contributed by atoms with Crippen LogP contribution in [0, 0.1) is 0 Å².